The lowest BCUT2D eigenvalue weighted by Crippen LogP contribution is -2.27. The molecule has 3 atom stereocenters. The van der Waals surface area contributed by atoms with Crippen molar-refractivity contribution in [1.29, 1.82) is 0 Å². The first-order valence-electron chi connectivity index (χ1n) is 3.90. The summed E-state index contributed by atoms with van der Waals surface area (Å²) in [5.74, 6) is 6.64. The van der Waals surface area contributed by atoms with Crippen LogP contribution in [-0.2, 0) is 4.74 Å². The Hall–Kier alpha value is -0.480. The molecule has 56 valence electrons. The molecular formula is C9H14O. The van der Waals surface area contributed by atoms with Crippen molar-refractivity contribution in [2.75, 3.05) is 0 Å². The predicted octanol–water partition coefficient (Wildman–Crippen LogP) is 1.82. The highest BCUT2D eigenvalue weighted by Gasteiger charge is 2.17. The summed E-state index contributed by atoms with van der Waals surface area (Å²) >= 11 is 0. The highest BCUT2D eigenvalue weighted by molar-refractivity contribution is 5.12. The maximum atomic E-state index is 5.57. The molecule has 0 saturated carbocycles. The Morgan fingerprint density at radius 2 is 2.00 bits per heavy atom. The normalized spacial score (nSPS) is 38.5. The van der Waals surface area contributed by atoms with Crippen molar-refractivity contribution in [1.82, 2.24) is 0 Å². The lowest BCUT2D eigenvalue weighted by molar-refractivity contribution is 0.00324. The average Bonchev–Trinajstić information content (AvgIpc) is 1.95. The third-order valence-electron chi connectivity index (χ3n) is 1.93. The summed E-state index contributed by atoms with van der Waals surface area (Å²) in [6, 6.07) is 0. The summed E-state index contributed by atoms with van der Waals surface area (Å²) in [6.07, 6.45) is 1.50. The van der Waals surface area contributed by atoms with E-state index in [1.165, 1.54) is 0 Å². The molecule has 1 heteroatoms. The summed E-state index contributed by atoms with van der Waals surface area (Å²) in [4.78, 5) is 0. The van der Waals surface area contributed by atoms with Crippen LogP contribution >= 0.6 is 0 Å². The van der Waals surface area contributed by atoms with Crippen LogP contribution in [0.15, 0.2) is 0 Å². The molecule has 0 aromatic rings. The fraction of sp³-hybridized carbons (Fsp3) is 0.778. The van der Waals surface area contributed by atoms with Crippen molar-refractivity contribution in [3.8, 4) is 11.8 Å². The van der Waals surface area contributed by atoms with E-state index in [2.05, 4.69) is 32.6 Å². The van der Waals surface area contributed by atoms with Crippen molar-refractivity contribution >= 4 is 0 Å². The molecule has 0 aromatic heterocycles. The van der Waals surface area contributed by atoms with Crippen LogP contribution in [0.25, 0.3) is 0 Å². The molecule has 0 N–H and O–H groups in total. The van der Waals surface area contributed by atoms with E-state index in [1.54, 1.807) is 0 Å². The maximum Gasteiger partial charge on any atom is 0.118 e. The summed E-state index contributed by atoms with van der Waals surface area (Å²) in [5.41, 5.74) is 0. The molecule has 1 nitrogen and oxygen atoms in total. The third-order valence-corrected chi connectivity index (χ3v) is 1.93. The minimum absolute atomic E-state index is 0.186. The highest BCUT2D eigenvalue weighted by atomic mass is 16.5. The molecule has 0 saturated heterocycles. The fourth-order valence-electron chi connectivity index (χ4n) is 0.951. The van der Waals surface area contributed by atoms with E-state index >= 15 is 0 Å². The van der Waals surface area contributed by atoms with Gasteiger partial charge in [-0.25, -0.2) is 0 Å². The van der Waals surface area contributed by atoms with Gasteiger partial charge in [-0.2, -0.15) is 0 Å². The lowest BCUT2D eigenvalue weighted by Gasteiger charge is -2.23. The average molecular weight is 138 g/mol. The molecule has 0 spiro atoms. The van der Waals surface area contributed by atoms with Crippen LogP contribution in [0, 0.1) is 17.8 Å². The monoisotopic (exact) mass is 138 g/mol. The number of rotatable bonds is 1. The van der Waals surface area contributed by atoms with Crippen LogP contribution in [0.5, 0.6) is 0 Å². The van der Waals surface area contributed by atoms with E-state index in [0.717, 1.165) is 6.42 Å². The van der Waals surface area contributed by atoms with Crippen molar-refractivity contribution < 1.29 is 4.74 Å². The van der Waals surface area contributed by atoms with Crippen molar-refractivity contribution in [2.45, 2.75) is 39.4 Å². The van der Waals surface area contributed by atoms with Crippen LogP contribution in [0.2, 0.25) is 0 Å². The molecule has 0 fully saturated rings. The molecular weight excluding hydrogens is 124 g/mol. The van der Waals surface area contributed by atoms with E-state index in [4.69, 9.17) is 4.74 Å². The predicted molar refractivity (Wildman–Crippen MR) is 41.6 cm³/mol. The van der Waals surface area contributed by atoms with Crippen LogP contribution in [0.1, 0.15) is 27.2 Å². The Balaban J connectivity index is 2.57. The standard InChI is InChI=1S/C9H14O/c1-4-9-6-5-7(2)8(3)10-9/h7-9H,4H2,1-3H3. The van der Waals surface area contributed by atoms with E-state index in [1.807, 2.05) is 0 Å². The quantitative estimate of drug-likeness (QED) is 0.502. The zero-order valence-electron chi connectivity index (χ0n) is 6.85. The molecule has 0 aliphatic carbocycles. The molecule has 10 heavy (non-hydrogen) atoms. The Kier molecular flexibility index (Phi) is 2.34. The van der Waals surface area contributed by atoms with Crippen molar-refractivity contribution in [3.05, 3.63) is 0 Å². The fourth-order valence-corrected chi connectivity index (χ4v) is 0.951. The summed E-state index contributed by atoms with van der Waals surface area (Å²) < 4.78 is 5.57. The third kappa shape index (κ3) is 1.52. The molecule has 0 amide bonds. The topological polar surface area (TPSA) is 9.23 Å². The van der Waals surface area contributed by atoms with Gasteiger partial charge in [-0.15, -0.1) is 0 Å². The second kappa shape index (κ2) is 3.07. The second-order valence-electron chi connectivity index (χ2n) is 2.82. The summed E-state index contributed by atoms with van der Waals surface area (Å²) in [7, 11) is 0. The molecule has 0 aromatic carbocycles. The first kappa shape index (κ1) is 7.63. The van der Waals surface area contributed by atoms with Gasteiger partial charge in [0.05, 0.1) is 6.10 Å². The van der Waals surface area contributed by atoms with Gasteiger partial charge in [0.15, 0.2) is 0 Å². The smallest absolute Gasteiger partial charge is 0.118 e. The van der Waals surface area contributed by atoms with Crippen LogP contribution in [0.4, 0.5) is 0 Å². The molecule has 0 radical (unpaired) electrons. The van der Waals surface area contributed by atoms with Gasteiger partial charge in [0.1, 0.15) is 6.10 Å². The largest absolute Gasteiger partial charge is 0.361 e. The molecule has 1 heterocycles. The Morgan fingerprint density at radius 1 is 1.30 bits per heavy atom. The van der Waals surface area contributed by atoms with Gasteiger partial charge in [0, 0.05) is 5.92 Å². The van der Waals surface area contributed by atoms with E-state index in [9.17, 15) is 0 Å². The zero-order chi connectivity index (χ0) is 7.56. The summed E-state index contributed by atoms with van der Waals surface area (Å²) in [5, 5.41) is 0. The van der Waals surface area contributed by atoms with Gasteiger partial charge in [-0.1, -0.05) is 18.8 Å². The van der Waals surface area contributed by atoms with Gasteiger partial charge in [0.2, 0.25) is 0 Å². The van der Waals surface area contributed by atoms with E-state index in [0.29, 0.717) is 12.0 Å². The van der Waals surface area contributed by atoms with Crippen molar-refractivity contribution in [3.63, 3.8) is 0 Å². The SMILES string of the molecule is CCC1C#CC(C)C(C)O1. The van der Waals surface area contributed by atoms with Crippen LogP contribution in [-0.4, -0.2) is 12.2 Å². The van der Waals surface area contributed by atoms with E-state index < -0.39 is 0 Å². The Labute approximate surface area is 62.8 Å². The van der Waals surface area contributed by atoms with Gasteiger partial charge in [-0.3, -0.25) is 0 Å². The number of hydrogen-bond donors (Lipinski definition) is 0. The maximum absolute atomic E-state index is 5.57. The Morgan fingerprint density at radius 3 is 2.50 bits per heavy atom. The van der Waals surface area contributed by atoms with Crippen LogP contribution in [0.3, 0.4) is 0 Å². The lowest BCUT2D eigenvalue weighted by atomic mass is 10.0. The van der Waals surface area contributed by atoms with Gasteiger partial charge < -0.3 is 4.74 Å². The zero-order valence-corrected chi connectivity index (χ0v) is 6.85. The van der Waals surface area contributed by atoms with Crippen molar-refractivity contribution in [2.24, 2.45) is 5.92 Å². The molecule has 1 rings (SSSR count). The first-order valence-corrected chi connectivity index (χ1v) is 3.90. The highest BCUT2D eigenvalue weighted by Crippen LogP contribution is 2.14. The van der Waals surface area contributed by atoms with Gasteiger partial charge in [-0.05, 0) is 20.3 Å². The molecule has 1 aliphatic heterocycles. The molecule has 0 bridgehead atoms. The minimum atomic E-state index is 0.186. The molecule has 1 aliphatic rings. The number of ether oxygens (including phenoxy) is 1. The van der Waals surface area contributed by atoms with Gasteiger partial charge >= 0.3 is 0 Å². The Bertz CT molecular complexity index is 163. The summed E-state index contributed by atoms with van der Waals surface area (Å²) in [6.45, 7) is 6.28. The second-order valence-corrected chi connectivity index (χ2v) is 2.82. The molecule has 3 unspecified atom stereocenters. The number of hydrogen-bond acceptors (Lipinski definition) is 1. The van der Waals surface area contributed by atoms with Crippen LogP contribution < -0.4 is 0 Å². The van der Waals surface area contributed by atoms with E-state index in [-0.39, 0.29) is 6.10 Å². The van der Waals surface area contributed by atoms with Gasteiger partial charge in [0.25, 0.3) is 0 Å². The first-order chi connectivity index (χ1) is 4.74. The minimum Gasteiger partial charge on any atom is -0.361 e.